The molecule has 6 nitrogen and oxygen atoms in total. The summed E-state index contributed by atoms with van der Waals surface area (Å²) < 4.78 is 5.06. The molecule has 0 bridgehead atoms. The molecule has 74 valence electrons. The Kier molecular flexibility index (Phi) is 7.98. The Morgan fingerprint density at radius 3 is 3.08 bits per heavy atom. The molecule has 0 aliphatic heterocycles. The summed E-state index contributed by atoms with van der Waals surface area (Å²) in [6.45, 7) is 3.66. The van der Waals surface area contributed by atoms with Crippen LogP contribution in [0.2, 0.25) is 0 Å². The van der Waals surface area contributed by atoms with E-state index in [9.17, 15) is 4.79 Å². The molecule has 0 spiro atoms. The molecule has 1 N–H and O–H groups in total. The second kappa shape index (κ2) is 8.83. The van der Waals surface area contributed by atoms with Crippen molar-refractivity contribution < 1.29 is 9.53 Å². The van der Waals surface area contributed by atoms with Crippen LogP contribution in [0, 0.1) is 0 Å². The Balaban J connectivity index is 3.21. The Bertz CT molecular complexity index is 189. The van der Waals surface area contributed by atoms with Crippen molar-refractivity contribution in [1.82, 2.24) is 5.32 Å². The van der Waals surface area contributed by atoms with Crippen LogP contribution in [0.4, 0.5) is 0 Å². The molecular formula is C7H14N4O2. The van der Waals surface area contributed by atoms with E-state index in [1.807, 2.05) is 6.92 Å². The molecule has 0 heterocycles. The summed E-state index contributed by atoms with van der Waals surface area (Å²) in [4.78, 5) is 13.3. The molecule has 0 aromatic carbocycles. The lowest BCUT2D eigenvalue weighted by molar-refractivity contribution is -0.119. The molecule has 6 heteroatoms. The van der Waals surface area contributed by atoms with Crippen molar-refractivity contribution in [3.8, 4) is 0 Å². The van der Waals surface area contributed by atoms with Gasteiger partial charge in [-0.1, -0.05) is 5.11 Å². The highest BCUT2D eigenvalue weighted by atomic mass is 16.5. The van der Waals surface area contributed by atoms with E-state index in [4.69, 9.17) is 10.3 Å². The van der Waals surface area contributed by atoms with Crippen molar-refractivity contribution in [1.29, 1.82) is 0 Å². The first kappa shape index (κ1) is 11.7. The molecule has 0 unspecified atom stereocenters. The zero-order chi connectivity index (χ0) is 9.94. The quantitative estimate of drug-likeness (QED) is 0.276. The standard InChI is InChI=1S/C7H14N4O2/c1-2-13-5-3-4-9-7(12)6-10-11-8/h2-6H2,1H3,(H,9,12). The van der Waals surface area contributed by atoms with Gasteiger partial charge in [0.25, 0.3) is 0 Å². The number of hydrogen-bond acceptors (Lipinski definition) is 3. The molecule has 0 aliphatic rings. The van der Waals surface area contributed by atoms with Gasteiger partial charge >= 0.3 is 0 Å². The molecular weight excluding hydrogens is 172 g/mol. The van der Waals surface area contributed by atoms with Crippen LogP contribution in [-0.2, 0) is 9.53 Å². The average Bonchev–Trinajstić information content (AvgIpc) is 2.14. The molecule has 0 atom stereocenters. The van der Waals surface area contributed by atoms with Gasteiger partial charge in [0.2, 0.25) is 5.91 Å². The van der Waals surface area contributed by atoms with Gasteiger partial charge in [-0.2, -0.15) is 0 Å². The van der Waals surface area contributed by atoms with Crippen LogP contribution in [0.5, 0.6) is 0 Å². The number of carbonyl (C=O) groups is 1. The highest BCUT2D eigenvalue weighted by molar-refractivity contribution is 5.78. The van der Waals surface area contributed by atoms with E-state index in [0.717, 1.165) is 6.42 Å². The monoisotopic (exact) mass is 186 g/mol. The highest BCUT2D eigenvalue weighted by Gasteiger charge is 1.96. The molecule has 0 aliphatic carbocycles. The van der Waals surface area contributed by atoms with Crippen LogP contribution in [0.25, 0.3) is 10.4 Å². The Morgan fingerprint density at radius 1 is 1.69 bits per heavy atom. The predicted molar refractivity (Wildman–Crippen MR) is 48.1 cm³/mol. The number of carbonyl (C=O) groups excluding carboxylic acids is 1. The number of nitrogens with one attached hydrogen (secondary N) is 1. The largest absolute Gasteiger partial charge is 0.382 e. The Labute approximate surface area is 76.9 Å². The Morgan fingerprint density at radius 2 is 2.46 bits per heavy atom. The minimum absolute atomic E-state index is 0.134. The maximum absolute atomic E-state index is 10.8. The van der Waals surface area contributed by atoms with Crippen molar-refractivity contribution in [3.63, 3.8) is 0 Å². The van der Waals surface area contributed by atoms with E-state index in [2.05, 4.69) is 15.3 Å². The lowest BCUT2D eigenvalue weighted by Gasteiger charge is -2.02. The number of azide groups is 1. The Hall–Kier alpha value is -1.26. The second-order valence-corrected chi connectivity index (χ2v) is 2.29. The molecule has 0 radical (unpaired) electrons. The zero-order valence-electron chi connectivity index (χ0n) is 7.69. The van der Waals surface area contributed by atoms with Crippen LogP contribution in [0.1, 0.15) is 13.3 Å². The number of rotatable bonds is 7. The summed E-state index contributed by atoms with van der Waals surface area (Å²) in [6.07, 6.45) is 0.774. The summed E-state index contributed by atoms with van der Waals surface area (Å²) in [5.74, 6) is -0.255. The van der Waals surface area contributed by atoms with E-state index < -0.39 is 0 Å². The predicted octanol–water partition coefficient (Wildman–Crippen LogP) is 0.839. The van der Waals surface area contributed by atoms with E-state index in [-0.39, 0.29) is 12.5 Å². The fourth-order valence-electron chi connectivity index (χ4n) is 0.698. The fourth-order valence-corrected chi connectivity index (χ4v) is 0.698. The maximum atomic E-state index is 10.8. The molecule has 0 fully saturated rings. The topological polar surface area (TPSA) is 87.1 Å². The van der Waals surface area contributed by atoms with Crippen molar-refractivity contribution in [2.45, 2.75) is 13.3 Å². The molecule has 0 saturated carbocycles. The molecule has 0 aromatic rings. The van der Waals surface area contributed by atoms with Gasteiger partial charge in [0.05, 0.1) is 0 Å². The van der Waals surface area contributed by atoms with E-state index >= 15 is 0 Å². The molecule has 0 rings (SSSR count). The molecule has 0 saturated heterocycles. The maximum Gasteiger partial charge on any atom is 0.225 e. The lowest BCUT2D eigenvalue weighted by Crippen LogP contribution is -2.27. The van der Waals surface area contributed by atoms with E-state index in [1.54, 1.807) is 0 Å². The fraction of sp³-hybridized carbons (Fsp3) is 0.857. The summed E-state index contributed by atoms with van der Waals surface area (Å²) in [7, 11) is 0. The van der Waals surface area contributed by atoms with Crippen LogP contribution < -0.4 is 5.32 Å². The SMILES string of the molecule is CCOCCCNC(=O)CN=[N+]=[N-]. The molecule has 13 heavy (non-hydrogen) atoms. The summed E-state index contributed by atoms with van der Waals surface area (Å²) >= 11 is 0. The van der Waals surface area contributed by atoms with Crippen molar-refractivity contribution >= 4 is 5.91 Å². The number of hydrogen-bond donors (Lipinski definition) is 1. The van der Waals surface area contributed by atoms with Crippen LogP contribution >= 0.6 is 0 Å². The van der Waals surface area contributed by atoms with Gasteiger partial charge in [0.15, 0.2) is 0 Å². The van der Waals surface area contributed by atoms with Crippen molar-refractivity contribution in [2.24, 2.45) is 5.11 Å². The van der Waals surface area contributed by atoms with Gasteiger partial charge in [-0.3, -0.25) is 4.79 Å². The summed E-state index contributed by atoms with van der Waals surface area (Å²) in [5, 5.41) is 5.72. The summed E-state index contributed by atoms with van der Waals surface area (Å²) in [6, 6.07) is 0. The van der Waals surface area contributed by atoms with Gasteiger partial charge in [-0.05, 0) is 18.9 Å². The number of ether oxygens (including phenoxy) is 1. The van der Waals surface area contributed by atoms with Crippen molar-refractivity contribution in [2.75, 3.05) is 26.3 Å². The molecule has 0 aromatic heterocycles. The normalized spacial score (nSPS) is 9.00. The number of amides is 1. The smallest absolute Gasteiger partial charge is 0.225 e. The third-order valence-electron chi connectivity index (χ3n) is 1.27. The first-order chi connectivity index (χ1) is 6.31. The minimum atomic E-state index is -0.255. The van der Waals surface area contributed by atoms with Gasteiger partial charge in [0.1, 0.15) is 6.54 Å². The van der Waals surface area contributed by atoms with Crippen LogP contribution in [-0.4, -0.2) is 32.2 Å². The van der Waals surface area contributed by atoms with Crippen LogP contribution in [0.3, 0.4) is 0 Å². The van der Waals surface area contributed by atoms with Gasteiger partial charge in [-0.15, -0.1) is 0 Å². The second-order valence-electron chi connectivity index (χ2n) is 2.29. The van der Waals surface area contributed by atoms with E-state index in [0.29, 0.717) is 19.8 Å². The third kappa shape index (κ3) is 8.65. The third-order valence-corrected chi connectivity index (χ3v) is 1.27. The first-order valence-electron chi connectivity index (χ1n) is 4.16. The van der Waals surface area contributed by atoms with Gasteiger partial charge < -0.3 is 10.1 Å². The van der Waals surface area contributed by atoms with Gasteiger partial charge in [0, 0.05) is 24.7 Å². The lowest BCUT2D eigenvalue weighted by atomic mass is 10.4. The first-order valence-corrected chi connectivity index (χ1v) is 4.16. The summed E-state index contributed by atoms with van der Waals surface area (Å²) in [5.41, 5.74) is 7.92. The van der Waals surface area contributed by atoms with E-state index in [1.165, 1.54) is 0 Å². The number of nitrogens with zero attached hydrogens (tertiary/aromatic N) is 3. The average molecular weight is 186 g/mol. The minimum Gasteiger partial charge on any atom is -0.382 e. The van der Waals surface area contributed by atoms with Crippen molar-refractivity contribution in [3.05, 3.63) is 10.4 Å². The van der Waals surface area contributed by atoms with Crippen LogP contribution in [0.15, 0.2) is 5.11 Å². The highest BCUT2D eigenvalue weighted by Crippen LogP contribution is 1.80. The molecule has 1 amide bonds. The zero-order valence-corrected chi connectivity index (χ0v) is 7.69. The van der Waals surface area contributed by atoms with Gasteiger partial charge in [-0.25, -0.2) is 0 Å².